The summed E-state index contributed by atoms with van der Waals surface area (Å²) in [5.74, 6) is 0.136. The highest BCUT2D eigenvalue weighted by Crippen LogP contribution is 2.21. The Bertz CT molecular complexity index is 933. The molecule has 1 saturated heterocycles. The van der Waals surface area contributed by atoms with E-state index in [4.69, 9.17) is 0 Å². The first-order chi connectivity index (χ1) is 14.3. The van der Waals surface area contributed by atoms with Gasteiger partial charge in [-0.15, -0.1) is 0 Å². The van der Waals surface area contributed by atoms with Crippen molar-refractivity contribution in [1.82, 2.24) is 15.1 Å². The Kier molecular flexibility index (Phi) is 6.17. The molecule has 1 atom stereocenters. The number of H-pyrrole nitrogens is 1. The number of piperidine rings is 1. The number of nitrogens with zero attached hydrogens (tertiary/aromatic N) is 2. The van der Waals surface area contributed by atoms with Gasteiger partial charge in [0.25, 0.3) is 0 Å². The van der Waals surface area contributed by atoms with E-state index in [1.165, 1.54) is 5.56 Å². The summed E-state index contributed by atoms with van der Waals surface area (Å²) in [5.41, 5.74) is 4.06. The monoisotopic (exact) mass is 386 g/mol. The maximum Gasteiger partial charge on any atom is 0.228 e. The fourth-order valence-electron chi connectivity index (χ4n) is 3.73. The van der Waals surface area contributed by atoms with Gasteiger partial charge in [-0.2, -0.15) is 5.10 Å². The lowest BCUT2D eigenvalue weighted by Gasteiger charge is -2.31. The SMILES string of the molecule is O=C(Nc1ccc(-c2ccn[nH]2)cc1)[C@@H]1CCCN(C/C=C/c2ccccc2)C1. The topological polar surface area (TPSA) is 61.0 Å². The van der Waals surface area contributed by atoms with Gasteiger partial charge < -0.3 is 5.32 Å². The van der Waals surface area contributed by atoms with Crippen LogP contribution in [0.1, 0.15) is 18.4 Å². The predicted molar refractivity (Wildman–Crippen MR) is 117 cm³/mol. The van der Waals surface area contributed by atoms with E-state index in [9.17, 15) is 4.79 Å². The van der Waals surface area contributed by atoms with E-state index >= 15 is 0 Å². The number of aromatic amines is 1. The van der Waals surface area contributed by atoms with Crippen molar-refractivity contribution in [2.75, 3.05) is 25.0 Å². The molecule has 0 unspecified atom stereocenters. The molecule has 1 amide bonds. The van der Waals surface area contributed by atoms with Gasteiger partial charge in [-0.1, -0.05) is 54.6 Å². The average Bonchev–Trinajstić information content (AvgIpc) is 3.30. The first-order valence-electron chi connectivity index (χ1n) is 10.1. The van der Waals surface area contributed by atoms with Crippen LogP contribution in [0.4, 0.5) is 5.69 Å². The average molecular weight is 386 g/mol. The summed E-state index contributed by atoms with van der Waals surface area (Å²) in [6.07, 6.45) is 8.05. The summed E-state index contributed by atoms with van der Waals surface area (Å²) >= 11 is 0. The Hall–Kier alpha value is -3.18. The van der Waals surface area contributed by atoms with Gasteiger partial charge in [0, 0.05) is 25.0 Å². The number of likely N-dealkylation sites (tertiary alicyclic amines) is 1. The van der Waals surface area contributed by atoms with Gasteiger partial charge in [0.2, 0.25) is 5.91 Å². The largest absolute Gasteiger partial charge is 0.326 e. The molecule has 0 spiro atoms. The molecule has 2 aromatic carbocycles. The molecule has 1 aromatic heterocycles. The lowest BCUT2D eigenvalue weighted by molar-refractivity contribution is -0.121. The summed E-state index contributed by atoms with van der Waals surface area (Å²) in [7, 11) is 0. The molecule has 2 N–H and O–H groups in total. The Balaban J connectivity index is 1.30. The Morgan fingerprint density at radius 3 is 2.72 bits per heavy atom. The Morgan fingerprint density at radius 2 is 1.97 bits per heavy atom. The second-order valence-corrected chi connectivity index (χ2v) is 7.45. The fourth-order valence-corrected chi connectivity index (χ4v) is 3.73. The minimum atomic E-state index is 0.0289. The van der Waals surface area contributed by atoms with Crippen molar-refractivity contribution in [2.45, 2.75) is 12.8 Å². The highest BCUT2D eigenvalue weighted by atomic mass is 16.1. The smallest absolute Gasteiger partial charge is 0.228 e. The zero-order chi connectivity index (χ0) is 19.9. The highest BCUT2D eigenvalue weighted by molar-refractivity contribution is 5.93. The molecule has 3 aromatic rings. The number of hydrogen-bond acceptors (Lipinski definition) is 3. The normalized spacial score (nSPS) is 17.4. The van der Waals surface area contributed by atoms with Crippen LogP contribution in [0.25, 0.3) is 17.3 Å². The van der Waals surface area contributed by atoms with E-state index in [2.05, 4.69) is 44.7 Å². The predicted octanol–water partition coefficient (Wildman–Crippen LogP) is 4.44. The quantitative estimate of drug-likeness (QED) is 0.658. The highest BCUT2D eigenvalue weighted by Gasteiger charge is 2.25. The van der Waals surface area contributed by atoms with Crippen molar-refractivity contribution in [1.29, 1.82) is 0 Å². The molecule has 0 aliphatic carbocycles. The van der Waals surface area contributed by atoms with Crippen molar-refractivity contribution >= 4 is 17.7 Å². The lowest BCUT2D eigenvalue weighted by atomic mass is 9.97. The number of carbonyl (C=O) groups excluding carboxylic acids is 1. The molecule has 5 heteroatoms. The van der Waals surface area contributed by atoms with Crippen LogP contribution in [0.2, 0.25) is 0 Å². The van der Waals surface area contributed by atoms with E-state index in [0.717, 1.165) is 49.4 Å². The van der Waals surface area contributed by atoms with Gasteiger partial charge in [0.15, 0.2) is 0 Å². The van der Waals surface area contributed by atoms with Crippen LogP contribution >= 0.6 is 0 Å². The van der Waals surface area contributed by atoms with E-state index < -0.39 is 0 Å². The van der Waals surface area contributed by atoms with Gasteiger partial charge in [-0.25, -0.2) is 0 Å². The fraction of sp³-hybridized carbons (Fsp3) is 0.250. The maximum absolute atomic E-state index is 12.7. The number of rotatable bonds is 6. The summed E-state index contributed by atoms with van der Waals surface area (Å²) in [5, 5.41) is 10.00. The van der Waals surface area contributed by atoms with Crippen LogP contribution in [0.5, 0.6) is 0 Å². The van der Waals surface area contributed by atoms with Crippen molar-refractivity contribution < 1.29 is 4.79 Å². The molecule has 2 heterocycles. The Morgan fingerprint density at radius 1 is 1.14 bits per heavy atom. The summed E-state index contributed by atoms with van der Waals surface area (Å²) in [6, 6.07) is 20.1. The molecule has 0 saturated carbocycles. The van der Waals surface area contributed by atoms with Gasteiger partial charge in [-0.05, 0) is 48.7 Å². The van der Waals surface area contributed by atoms with Crippen LogP contribution in [0.3, 0.4) is 0 Å². The third kappa shape index (κ3) is 5.21. The molecule has 0 bridgehead atoms. The molecule has 148 valence electrons. The van der Waals surface area contributed by atoms with Crippen molar-refractivity contribution in [3.8, 4) is 11.3 Å². The zero-order valence-electron chi connectivity index (χ0n) is 16.4. The van der Waals surface area contributed by atoms with Gasteiger partial charge in [0.05, 0.1) is 11.6 Å². The number of nitrogens with one attached hydrogen (secondary N) is 2. The molecule has 5 nitrogen and oxygen atoms in total. The van der Waals surface area contributed by atoms with E-state index in [1.54, 1.807) is 6.20 Å². The molecule has 29 heavy (non-hydrogen) atoms. The number of anilines is 1. The van der Waals surface area contributed by atoms with Crippen LogP contribution in [0.15, 0.2) is 72.9 Å². The third-order valence-corrected chi connectivity index (χ3v) is 5.31. The number of hydrogen-bond donors (Lipinski definition) is 2. The van der Waals surface area contributed by atoms with Gasteiger partial charge in [0.1, 0.15) is 0 Å². The maximum atomic E-state index is 12.7. The van der Waals surface area contributed by atoms with Crippen LogP contribution in [-0.4, -0.2) is 40.6 Å². The molecular weight excluding hydrogens is 360 g/mol. The molecule has 4 rings (SSSR count). The van der Waals surface area contributed by atoms with E-state index in [-0.39, 0.29) is 11.8 Å². The molecule has 1 aliphatic heterocycles. The lowest BCUT2D eigenvalue weighted by Crippen LogP contribution is -2.40. The van der Waals surface area contributed by atoms with Crippen LogP contribution < -0.4 is 5.32 Å². The first-order valence-corrected chi connectivity index (χ1v) is 10.1. The van der Waals surface area contributed by atoms with Crippen molar-refractivity contribution in [3.63, 3.8) is 0 Å². The minimum Gasteiger partial charge on any atom is -0.326 e. The van der Waals surface area contributed by atoms with Gasteiger partial charge >= 0.3 is 0 Å². The van der Waals surface area contributed by atoms with Crippen molar-refractivity contribution in [2.24, 2.45) is 5.92 Å². The third-order valence-electron chi connectivity index (χ3n) is 5.31. The van der Waals surface area contributed by atoms with Crippen molar-refractivity contribution in [3.05, 3.63) is 78.5 Å². The Labute approximate surface area is 171 Å². The standard InChI is InChI=1S/C24H26N4O/c29-24(26-22-12-10-20(11-13-22)23-14-15-25-27-23)21-9-5-17-28(18-21)16-4-8-19-6-2-1-3-7-19/h1-4,6-8,10-15,21H,5,9,16-18H2,(H,25,27)(H,26,29)/b8-4+/t21-/m1/s1. The number of aromatic nitrogens is 2. The van der Waals surface area contributed by atoms with Crippen LogP contribution in [0, 0.1) is 5.92 Å². The zero-order valence-corrected chi connectivity index (χ0v) is 16.4. The second-order valence-electron chi connectivity index (χ2n) is 7.45. The molecule has 1 aliphatic rings. The van der Waals surface area contributed by atoms with Crippen LogP contribution in [-0.2, 0) is 4.79 Å². The molecule has 1 fully saturated rings. The second kappa shape index (κ2) is 9.34. The first kappa shape index (κ1) is 19.2. The number of carbonyl (C=O) groups is 1. The molecular formula is C24H26N4O. The minimum absolute atomic E-state index is 0.0289. The van der Waals surface area contributed by atoms with E-state index in [1.807, 2.05) is 48.5 Å². The number of amides is 1. The number of benzene rings is 2. The van der Waals surface area contributed by atoms with Gasteiger partial charge in [-0.3, -0.25) is 14.8 Å². The summed E-state index contributed by atoms with van der Waals surface area (Å²) < 4.78 is 0. The van der Waals surface area contributed by atoms with E-state index in [0.29, 0.717) is 0 Å². The molecule has 0 radical (unpaired) electrons. The summed E-state index contributed by atoms with van der Waals surface area (Å²) in [6.45, 7) is 2.72. The summed E-state index contributed by atoms with van der Waals surface area (Å²) in [4.78, 5) is 15.1.